The third-order valence-electron chi connectivity index (χ3n) is 4.05. The molecule has 3 heterocycles. The lowest BCUT2D eigenvalue weighted by Gasteiger charge is -2.23. The monoisotopic (exact) mass is 382 g/mol. The van der Waals surface area contributed by atoms with Gasteiger partial charge in [0.2, 0.25) is 5.88 Å². The van der Waals surface area contributed by atoms with Crippen molar-refractivity contribution in [2.75, 3.05) is 6.61 Å². The Labute approximate surface area is 162 Å². The summed E-state index contributed by atoms with van der Waals surface area (Å²) in [5, 5.41) is 20.2. The average molecular weight is 382 g/mol. The number of hydrogen-bond donors (Lipinski definition) is 2. The number of pyridine rings is 2. The fourth-order valence-corrected chi connectivity index (χ4v) is 2.40. The molecule has 3 aromatic rings. The number of ether oxygens (including phenoxy) is 1. The second-order valence-corrected chi connectivity index (χ2v) is 6.89. The van der Waals surface area contributed by atoms with E-state index < -0.39 is 5.54 Å². The summed E-state index contributed by atoms with van der Waals surface area (Å²) in [7, 11) is 1.78. The fraction of sp³-hybridized carbons (Fsp3) is 0.316. The smallest absolute Gasteiger partial charge is 0.253 e. The maximum Gasteiger partial charge on any atom is 0.253 e. The zero-order chi connectivity index (χ0) is 20.1. The van der Waals surface area contributed by atoms with Gasteiger partial charge in [-0.2, -0.15) is 0 Å². The summed E-state index contributed by atoms with van der Waals surface area (Å²) in [6, 6.07) is 8.80. The van der Waals surface area contributed by atoms with E-state index in [4.69, 9.17) is 4.74 Å². The second-order valence-electron chi connectivity index (χ2n) is 6.89. The molecule has 1 amide bonds. The van der Waals surface area contributed by atoms with E-state index in [-0.39, 0.29) is 19.1 Å². The molecule has 9 nitrogen and oxygen atoms in total. The van der Waals surface area contributed by atoms with Crippen LogP contribution in [-0.4, -0.2) is 48.1 Å². The van der Waals surface area contributed by atoms with Crippen LogP contribution in [0.3, 0.4) is 0 Å². The Bertz CT molecular complexity index is 938. The molecule has 0 bridgehead atoms. The third kappa shape index (κ3) is 4.49. The van der Waals surface area contributed by atoms with E-state index in [0.717, 1.165) is 5.69 Å². The predicted octanol–water partition coefficient (Wildman–Crippen LogP) is 1.35. The number of hydrogen-bond acceptors (Lipinski definition) is 7. The number of amides is 1. The summed E-state index contributed by atoms with van der Waals surface area (Å²) in [5.41, 5.74) is 1.78. The van der Waals surface area contributed by atoms with Crippen LogP contribution in [0, 0.1) is 0 Å². The lowest BCUT2D eigenvalue weighted by Crippen LogP contribution is -2.46. The van der Waals surface area contributed by atoms with Gasteiger partial charge >= 0.3 is 0 Å². The van der Waals surface area contributed by atoms with Gasteiger partial charge in [-0.3, -0.25) is 9.78 Å². The average Bonchev–Trinajstić information content (AvgIpc) is 3.07. The Morgan fingerprint density at radius 2 is 2.07 bits per heavy atom. The summed E-state index contributed by atoms with van der Waals surface area (Å²) in [4.78, 5) is 20.7. The molecule has 3 aromatic heterocycles. The SMILES string of the molecule is Cn1nnc(-c2ccccn2)c1COc1ccc(C(=O)NC(C)(C)CO)cn1. The number of aliphatic hydroxyl groups excluding tert-OH is 1. The van der Waals surface area contributed by atoms with Gasteiger partial charge < -0.3 is 15.2 Å². The topological polar surface area (TPSA) is 115 Å². The molecule has 0 aliphatic heterocycles. The number of aromatic nitrogens is 5. The first kappa shape index (κ1) is 19.4. The van der Waals surface area contributed by atoms with Crippen LogP contribution >= 0.6 is 0 Å². The molecule has 0 atom stereocenters. The van der Waals surface area contributed by atoms with E-state index in [1.807, 2.05) is 18.2 Å². The van der Waals surface area contributed by atoms with Crippen molar-refractivity contribution in [2.24, 2.45) is 7.05 Å². The highest BCUT2D eigenvalue weighted by Gasteiger charge is 2.20. The molecular weight excluding hydrogens is 360 g/mol. The molecule has 28 heavy (non-hydrogen) atoms. The van der Waals surface area contributed by atoms with Gasteiger partial charge in [-0.15, -0.1) is 5.10 Å². The maximum absolute atomic E-state index is 12.2. The Kier molecular flexibility index (Phi) is 5.65. The molecule has 0 unspecified atom stereocenters. The summed E-state index contributed by atoms with van der Waals surface area (Å²) < 4.78 is 7.37. The van der Waals surface area contributed by atoms with Gasteiger partial charge in [0.25, 0.3) is 5.91 Å². The summed E-state index contributed by atoms with van der Waals surface area (Å²) >= 11 is 0. The first-order valence-corrected chi connectivity index (χ1v) is 8.72. The van der Waals surface area contributed by atoms with Gasteiger partial charge in [0.05, 0.1) is 23.4 Å². The van der Waals surface area contributed by atoms with Crippen molar-refractivity contribution in [3.05, 3.63) is 54.0 Å². The first-order valence-electron chi connectivity index (χ1n) is 8.72. The van der Waals surface area contributed by atoms with E-state index in [1.54, 1.807) is 43.9 Å². The van der Waals surface area contributed by atoms with Crippen LogP contribution in [0.2, 0.25) is 0 Å². The van der Waals surface area contributed by atoms with Gasteiger partial charge in [0.15, 0.2) is 0 Å². The largest absolute Gasteiger partial charge is 0.471 e. The molecule has 0 aromatic carbocycles. The maximum atomic E-state index is 12.2. The lowest BCUT2D eigenvalue weighted by atomic mass is 10.1. The van der Waals surface area contributed by atoms with E-state index in [9.17, 15) is 9.90 Å². The van der Waals surface area contributed by atoms with Crippen molar-refractivity contribution in [3.8, 4) is 17.3 Å². The Hall–Kier alpha value is -3.33. The van der Waals surface area contributed by atoms with E-state index in [2.05, 4.69) is 25.6 Å². The molecule has 0 fully saturated rings. The molecule has 146 valence electrons. The number of nitrogens with zero attached hydrogens (tertiary/aromatic N) is 5. The van der Waals surface area contributed by atoms with Gasteiger partial charge in [-0.25, -0.2) is 9.67 Å². The zero-order valence-electron chi connectivity index (χ0n) is 16.0. The highest BCUT2D eigenvalue weighted by Crippen LogP contribution is 2.20. The van der Waals surface area contributed by atoms with Crippen LogP contribution in [0.4, 0.5) is 0 Å². The Morgan fingerprint density at radius 1 is 1.25 bits per heavy atom. The molecule has 2 N–H and O–H groups in total. The summed E-state index contributed by atoms with van der Waals surface area (Å²) in [6.07, 6.45) is 3.12. The minimum atomic E-state index is -0.708. The van der Waals surface area contributed by atoms with Crippen molar-refractivity contribution in [1.82, 2.24) is 30.3 Å². The quantitative estimate of drug-likeness (QED) is 0.634. The van der Waals surface area contributed by atoms with Gasteiger partial charge in [-0.05, 0) is 32.0 Å². The van der Waals surface area contributed by atoms with Crippen LogP contribution in [0.5, 0.6) is 5.88 Å². The third-order valence-corrected chi connectivity index (χ3v) is 4.05. The molecule has 0 spiro atoms. The summed E-state index contributed by atoms with van der Waals surface area (Å²) in [6.45, 7) is 3.50. The van der Waals surface area contributed by atoms with Crippen molar-refractivity contribution in [2.45, 2.75) is 26.0 Å². The molecule has 0 saturated heterocycles. The zero-order valence-corrected chi connectivity index (χ0v) is 16.0. The van der Waals surface area contributed by atoms with E-state index in [1.165, 1.54) is 6.20 Å². The molecule has 3 rings (SSSR count). The van der Waals surface area contributed by atoms with Gasteiger partial charge in [-0.1, -0.05) is 11.3 Å². The minimum absolute atomic E-state index is 0.162. The number of carbonyl (C=O) groups excluding carboxylic acids is 1. The lowest BCUT2D eigenvalue weighted by molar-refractivity contribution is 0.0869. The molecule has 9 heteroatoms. The molecule has 0 aliphatic rings. The minimum Gasteiger partial charge on any atom is -0.471 e. The molecule has 0 saturated carbocycles. The number of nitrogens with one attached hydrogen (secondary N) is 1. The van der Waals surface area contributed by atoms with E-state index >= 15 is 0 Å². The van der Waals surface area contributed by atoms with Gasteiger partial charge in [0.1, 0.15) is 18.0 Å². The summed E-state index contributed by atoms with van der Waals surface area (Å²) in [5.74, 6) is 0.0533. The second kappa shape index (κ2) is 8.13. The number of aliphatic hydroxyl groups is 1. The van der Waals surface area contributed by atoms with Crippen LogP contribution in [0.25, 0.3) is 11.4 Å². The van der Waals surface area contributed by atoms with Crippen LogP contribution in [0.1, 0.15) is 29.9 Å². The normalized spacial score (nSPS) is 11.3. The first-order chi connectivity index (χ1) is 13.4. The van der Waals surface area contributed by atoms with E-state index in [0.29, 0.717) is 22.8 Å². The Balaban J connectivity index is 1.68. The van der Waals surface area contributed by atoms with Crippen molar-refractivity contribution >= 4 is 5.91 Å². The van der Waals surface area contributed by atoms with Crippen LogP contribution < -0.4 is 10.1 Å². The van der Waals surface area contributed by atoms with Crippen molar-refractivity contribution < 1.29 is 14.6 Å². The number of carbonyl (C=O) groups is 1. The number of rotatable bonds is 7. The van der Waals surface area contributed by atoms with Gasteiger partial charge in [0, 0.05) is 25.5 Å². The van der Waals surface area contributed by atoms with Crippen LogP contribution in [0.15, 0.2) is 42.7 Å². The standard InChI is InChI=1S/C19H22N6O3/c1-19(2,12-26)22-18(27)13-7-8-16(21-10-13)28-11-15-17(23-24-25(15)3)14-6-4-5-9-20-14/h4-10,26H,11-12H2,1-3H3,(H,22,27). The van der Waals surface area contributed by atoms with Crippen LogP contribution in [-0.2, 0) is 13.7 Å². The molecule has 0 radical (unpaired) electrons. The van der Waals surface area contributed by atoms with Crippen molar-refractivity contribution in [3.63, 3.8) is 0 Å². The highest BCUT2D eigenvalue weighted by molar-refractivity contribution is 5.94. The molecular formula is C19H22N6O3. The van der Waals surface area contributed by atoms with Crippen molar-refractivity contribution in [1.29, 1.82) is 0 Å². The molecule has 0 aliphatic carbocycles. The highest BCUT2D eigenvalue weighted by atomic mass is 16.5. The fourth-order valence-electron chi connectivity index (χ4n) is 2.40. The number of aryl methyl sites for hydroxylation is 1. The predicted molar refractivity (Wildman–Crippen MR) is 101 cm³/mol. The Morgan fingerprint density at radius 3 is 2.71 bits per heavy atom.